The van der Waals surface area contributed by atoms with Crippen molar-refractivity contribution in [1.29, 1.82) is 0 Å². The number of amides is 3. The van der Waals surface area contributed by atoms with Gasteiger partial charge in [-0.1, -0.05) is 78.9 Å². The lowest BCUT2D eigenvalue weighted by Crippen LogP contribution is -2.59. The summed E-state index contributed by atoms with van der Waals surface area (Å²) in [6.07, 6.45) is 6.45. The van der Waals surface area contributed by atoms with Gasteiger partial charge in [-0.05, 0) is 62.4 Å². The Kier molecular flexibility index (Phi) is 17.9. The molecule has 5 atom stereocenters. The molecule has 2 aromatic rings. The van der Waals surface area contributed by atoms with E-state index in [2.05, 4.69) is 32.2 Å². The van der Waals surface area contributed by atoms with Crippen LogP contribution in [-0.4, -0.2) is 92.2 Å². The second-order valence-corrected chi connectivity index (χ2v) is 17.4. The SMILES string of the molecule is CCCCCCN(C(=O)[C@@H](NC(=O)[C@H]1CCCCN1C)[C@@H](C)CC)[C@H](C[C@@H](OC(C)=O)c1nc(C(=O)NS(=O)(=O)Cc2ccc(NC)cc2)cs1)C(C)C. The number of nitrogens with one attached hydrogen (secondary N) is 3. The Bertz CT molecular complexity index is 1630. The van der Waals surface area contributed by atoms with Crippen molar-refractivity contribution < 1.29 is 32.3 Å². The zero-order valence-electron chi connectivity index (χ0n) is 33.4. The van der Waals surface area contributed by atoms with Gasteiger partial charge in [-0.15, -0.1) is 11.3 Å². The van der Waals surface area contributed by atoms with Crippen molar-refractivity contribution in [3.05, 3.63) is 45.9 Å². The van der Waals surface area contributed by atoms with Gasteiger partial charge in [-0.2, -0.15) is 0 Å². The Labute approximate surface area is 326 Å². The minimum absolute atomic E-state index is 0.0778. The first-order valence-electron chi connectivity index (χ1n) is 19.4. The molecule has 0 aliphatic carbocycles. The van der Waals surface area contributed by atoms with Crippen LogP contribution in [0, 0.1) is 11.8 Å². The molecule has 0 bridgehead atoms. The van der Waals surface area contributed by atoms with E-state index in [-0.39, 0.29) is 41.8 Å². The number of nitrogens with zero attached hydrogens (tertiary/aromatic N) is 3. The third-order valence-electron chi connectivity index (χ3n) is 10.2. The topological polar surface area (TPSA) is 167 Å². The quantitative estimate of drug-likeness (QED) is 0.103. The maximum Gasteiger partial charge on any atom is 0.303 e. The molecule has 54 heavy (non-hydrogen) atoms. The Morgan fingerprint density at radius 1 is 1.06 bits per heavy atom. The van der Waals surface area contributed by atoms with Crippen molar-refractivity contribution >= 4 is 50.7 Å². The average Bonchev–Trinajstić information content (AvgIpc) is 3.63. The average molecular weight is 791 g/mol. The third-order valence-corrected chi connectivity index (χ3v) is 12.3. The number of sulfonamides is 1. The molecule has 3 N–H and O–H groups in total. The number of thiazole rings is 1. The monoisotopic (exact) mass is 790 g/mol. The van der Waals surface area contributed by atoms with Crippen LogP contribution in [0.4, 0.5) is 5.69 Å². The number of carbonyl (C=O) groups is 4. The van der Waals surface area contributed by atoms with E-state index < -0.39 is 45.8 Å². The number of esters is 1. The summed E-state index contributed by atoms with van der Waals surface area (Å²) >= 11 is 1.08. The molecule has 1 aromatic heterocycles. The lowest BCUT2D eigenvalue weighted by atomic mass is 9.91. The standard InChI is InChI=1S/C39H62N6O7S2/c1-9-11-12-14-22-45(39(49)35(27(5)10-2)42-37(48)32-16-13-15-21-44(32)8)33(26(3)4)23-34(52-28(6)46)38-41-31(24-53-38)36(47)43-54(50,51)25-29-17-19-30(40-7)20-18-29/h17-20,24,26-27,32-35,40H,9-16,21-23,25H2,1-8H3,(H,42,48)(H,43,47)/t27-,32+,33+,34+,35-/m0/s1. The first kappa shape index (κ1) is 44.8. The predicted octanol–water partition coefficient (Wildman–Crippen LogP) is 5.89. The van der Waals surface area contributed by atoms with Gasteiger partial charge >= 0.3 is 5.97 Å². The zero-order chi connectivity index (χ0) is 40.0. The smallest absolute Gasteiger partial charge is 0.303 e. The van der Waals surface area contributed by atoms with Crippen LogP contribution in [-0.2, 0) is 34.9 Å². The number of carbonyl (C=O) groups excluding carboxylic acids is 4. The van der Waals surface area contributed by atoms with Crippen molar-refractivity contribution in [2.24, 2.45) is 11.8 Å². The minimum Gasteiger partial charge on any atom is -0.455 e. The second-order valence-electron chi connectivity index (χ2n) is 14.8. The fourth-order valence-corrected chi connectivity index (χ4v) is 8.73. The van der Waals surface area contributed by atoms with Crippen LogP contribution >= 0.6 is 11.3 Å². The number of aromatic nitrogens is 1. The summed E-state index contributed by atoms with van der Waals surface area (Å²) in [5.41, 5.74) is 1.21. The van der Waals surface area contributed by atoms with E-state index in [4.69, 9.17) is 4.74 Å². The molecule has 1 saturated heterocycles. The molecule has 0 saturated carbocycles. The summed E-state index contributed by atoms with van der Waals surface area (Å²) in [6.45, 7) is 12.7. The van der Waals surface area contributed by atoms with E-state index in [0.717, 1.165) is 68.5 Å². The van der Waals surface area contributed by atoms with Crippen LogP contribution in [0.1, 0.15) is 126 Å². The number of anilines is 1. The van der Waals surface area contributed by atoms with Gasteiger partial charge in [0.25, 0.3) is 5.91 Å². The highest BCUT2D eigenvalue weighted by Gasteiger charge is 2.38. The fraction of sp³-hybridized carbons (Fsp3) is 0.667. The van der Waals surface area contributed by atoms with Gasteiger partial charge in [0.2, 0.25) is 21.8 Å². The number of rotatable bonds is 21. The molecule has 3 amide bonds. The highest BCUT2D eigenvalue weighted by atomic mass is 32.2. The zero-order valence-corrected chi connectivity index (χ0v) is 35.0. The minimum atomic E-state index is -4.05. The molecule has 13 nitrogen and oxygen atoms in total. The van der Waals surface area contributed by atoms with Crippen molar-refractivity contribution in [3.63, 3.8) is 0 Å². The molecule has 3 rings (SSSR count). The summed E-state index contributed by atoms with van der Waals surface area (Å²) in [5.74, 6) is -2.36. The van der Waals surface area contributed by atoms with Gasteiger partial charge in [-0.25, -0.2) is 18.1 Å². The van der Waals surface area contributed by atoms with Gasteiger partial charge in [-0.3, -0.25) is 24.1 Å². The molecular formula is C39H62N6O7S2. The highest BCUT2D eigenvalue weighted by Crippen LogP contribution is 2.32. The largest absolute Gasteiger partial charge is 0.455 e. The number of unbranched alkanes of at least 4 members (excludes halogenated alkanes) is 3. The Balaban J connectivity index is 1.89. The Hall–Kier alpha value is -3.56. The van der Waals surface area contributed by atoms with Crippen LogP contribution in [0.15, 0.2) is 29.6 Å². The van der Waals surface area contributed by atoms with Gasteiger partial charge in [0.05, 0.1) is 11.8 Å². The first-order chi connectivity index (χ1) is 25.6. The molecule has 0 unspecified atom stereocenters. The summed E-state index contributed by atoms with van der Waals surface area (Å²) < 4.78 is 33.7. The number of ether oxygens (including phenoxy) is 1. The molecule has 0 radical (unpaired) electrons. The highest BCUT2D eigenvalue weighted by molar-refractivity contribution is 7.89. The van der Waals surface area contributed by atoms with Crippen molar-refractivity contribution in [3.8, 4) is 0 Å². The van der Waals surface area contributed by atoms with Crippen LogP contribution in [0.5, 0.6) is 0 Å². The number of likely N-dealkylation sites (N-methyl/N-ethyl adjacent to an activating group) is 1. The number of piperidine rings is 1. The van der Waals surface area contributed by atoms with Gasteiger partial charge in [0.15, 0.2) is 6.10 Å². The molecule has 0 spiro atoms. The van der Waals surface area contributed by atoms with Crippen molar-refractivity contribution in [2.75, 3.05) is 32.5 Å². The van der Waals surface area contributed by atoms with Gasteiger partial charge in [0.1, 0.15) is 16.7 Å². The maximum atomic E-state index is 14.7. The van der Waals surface area contributed by atoms with E-state index in [1.165, 1.54) is 12.3 Å². The second kappa shape index (κ2) is 21.5. The Morgan fingerprint density at radius 2 is 1.76 bits per heavy atom. The molecule has 1 aromatic carbocycles. The molecule has 15 heteroatoms. The lowest BCUT2D eigenvalue weighted by Gasteiger charge is -2.40. The van der Waals surface area contributed by atoms with Crippen LogP contribution in [0.25, 0.3) is 0 Å². The summed E-state index contributed by atoms with van der Waals surface area (Å²) in [5, 5.41) is 7.87. The van der Waals surface area contributed by atoms with E-state index in [1.807, 2.05) is 39.6 Å². The molecule has 1 aliphatic rings. The molecule has 2 heterocycles. The van der Waals surface area contributed by atoms with Gasteiger partial charge in [0, 0.05) is 44.0 Å². The first-order valence-corrected chi connectivity index (χ1v) is 21.9. The van der Waals surface area contributed by atoms with Crippen LogP contribution < -0.4 is 15.4 Å². The maximum absolute atomic E-state index is 14.7. The Morgan fingerprint density at radius 3 is 2.35 bits per heavy atom. The van der Waals surface area contributed by atoms with E-state index in [1.54, 1.807) is 31.3 Å². The third kappa shape index (κ3) is 13.3. The van der Waals surface area contributed by atoms with E-state index in [9.17, 15) is 27.6 Å². The summed E-state index contributed by atoms with van der Waals surface area (Å²) in [6, 6.07) is 5.37. The van der Waals surface area contributed by atoms with E-state index >= 15 is 0 Å². The van der Waals surface area contributed by atoms with Crippen LogP contribution in [0.3, 0.4) is 0 Å². The molecule has 1 aliphatic heterocycles. The van der Waals surface area contributed by atoms with Crippen molar-refractivity contribution in [1.82, 2.24) is 24.8 Å². The number of hydrogen-bond acceptors (Lipinski definition) is 11. The molecule has 302 valence electrons. The molecule has 1 fully saturated rings. The van der Waals surface area contributed by atoms with E-state index in [0.29, 0.717) is 23.5 Å². The number of likely N-dealkylation sites (tertiary alicyclic amines) is 1. The summed E-state index contributed by atoms with van der Waals surface area (Å²) in [4.78, 5) is 62.4. The lowest BCUT2D eigenvalue weighted by molar-refractivity contribution is -0.149. The van der Waals surface area contributed by atoms with Crippen LogP contribution in [0.2, 0.25) is 0 Å². The predicted molar refractivity (Wildman–Crippen MR) is 213 cm³/mol. The number of benzene rings is 1. The normalized spacial score (nSPS) is 17.2. The molecular weight excluding hydrogens is 729 g/mol. The van der Waals surface area contributed by atoms with Crippen molar-refractivity contribution in [2.45, 2.75) is 129 Å². The fourth-order valence-electron chi connectivity index (χ4n) is 6.80. The number of hydrogen-bond donors (Lipinski definition) is 3. The summed E-state index contributed by atoms with van der Waals surface area (Å²) in [7, 11) is -0.341. The van der Waals surface area contributed by atoms with Gasteiger partial charge < -0.3 is 20.3 Å².